The quantitative estimate of drug-likeness (QED) is 0.835. The van der Waals surface area contributed by atoms with Crippen LogP contribution in [-0.4, -0.2) is 48.0 Å². The molecule has 2 heterocycles. The fraction of sp³-hybridized carbons (Fsp3) is 0.316. The van der Waals surface area contributed by atoms with Crippen molar-refractivity contribution in [3.05, 3.63) is 47.9 Å². The highest BCUT2D eigenvalue weighted by molar-refractivity contribution is 5.96. The highest BCUT2D eigenvalue weighted by atomic mass is 16.5. The molecular weight excluding hydrogens is 352 g/mol. The van der Waals surface area contributed by atoms with Gasteiger partial charge in [0.1, 0.15) is 12.0 Å². The largest absolute Gasteiger partial charge is 0.495 e. The number of hydrogen-bond acceptors (Lipinski definition) is 5. The van der Waals surface area contributed by atoms with E-state index in [0.29, 0.717) is 37.4 Å². The molecule has 1 aliphatic rings. The Kier molecular flexibility index (Phi) is 5.44. The van der Waals surface area contributed by atoms with Crippen LogP contribution >= 0.6 is 0 Å². The summed E-state index contributed by atoms with van der Waals surface area (Å²) in [6.45, 7) is 0.790. The van der Waals surface area contributed by atoms with E-state index < -0.39 is 5.97 Å². The van der Waals surface area contributed by atoms with Crippen LogP contribution in [0.4, 0.5) is 5.69 Å². The SMILES string of the molecule is COc1ccccc1NC(=O)C1CCN(C(=O)c2cc(C(=O)O)co2)CC1. The van der Waals surface area contributed by atoms with Gasteiger partial charge in [0.05, 0.1) is 18.4 Å². The van der Waals surface area contributed by atoms with Crippen molar-refractivity contribution in [1.82, 2.24) is 4.90 Å². The maximum Gasteiger partial charge on any atom is 0.338 e. The number of carboxylic acids is 1. The first-order valence-corrected chi connectivity index (χ1v) is 8.54. The lowest BCUT2D eigenvalue weighted by molar-refractivity contribution is -0.121. The maximum atomic E-state index is 12.5. The first kappa shape index (κ1) is 18.5. The van der Waals surface area contributed by atoms with E-state index in [4.69, 9.17) is 14.3 Å². The summed E-state index contributed by atoms with van der Waals surface area (Å²) in [5.41, 5.74) is 0.546. The highest BCUT2D eigenvalue weighted by Crippen LogP contribution is 2.26. The van der Waals surface area contributed by atoms with Crippen molar-refractivity contribution in [3.63, 3.8) is 0 Å². The third-order valence-electron chi connectivity index (χ3n) is 4.57. The predicted octanol–water partition coefficient (Wildman–Crippen LogP) is 2.48. The van der Waals surface area contributed by atoms with E-state index in [2.05, 4.69) is 5.32 Å². The number of benzene rings is 1. The molecule has 0 unspecified atom stereocenters. The van der Waals surface area contributed by atoms with Gasteiger partial charge in [0.2, 0.25) is 5.91 Å². The fourth-order valence-electron chi connectivity index (χ4n) is 3.04. The average molecular weight is 372 g/mol. The van der Waals surface area contributed by atoms with E-state index in [9.17, 15) is 14.4 Å². The summed E-state index contributed by atoms with van der Waals surface area (Å²) in [5.74, 6) is -1.27. The third kappa shape index (κ3) is 4.11. The number of anilines is 1. The zero-order chi connectivity index (χ0) is 19.4. The second kappa shape index (κ2) is 7.94. The molecule has 0 atom stereocenters. The Bertz CT molecular complexity index is 851. The molecular formula is C19H20N2O6. The number of hydrogen-bond donors (Lipinski definition) is 2. The smallest absolute Gasteiger partial charge is 0.338 e. The van der Waals surface area contributed by atoms with Crippen molar-refractivity contribution >= 4 is 23.5 Å². The summed E-state index contributed by atoms with van der Waals surface area (Å²) in [4.78, 5) is 37.4. The molecule has 1 aromatic heterocycles. The molecule has 0 bridgehead atoms. The zero-order valence-electron chi connectivity index (χ0n) is 14.8. The molecule has 1 saturated heterocycles. The molecule has 0 radical (unpaired) electrons. The van der Waals surface area contributed by atoms with Gasteiger partial charge >= 0.3 is 5.97 Å². The number of carbonyl (C=O) groups is 3. The number of methoxy groups -OCH3 is 1. The van der Waals surface area contributed by atoms with Crippen LogP contribution in [-0.2, 0) is 4.79 Å². The van der Waals surface area contributed by atoms with Crippen LogP contribution in [0.5, 0.6) is 5.75 Å². The number of carbonyl (C=O) groups excluding carboxylic acids is 2. The third-order valence-corrected chi connectivity index (χ3v) is 4.57. The van der Waals surface area contributed by atoms with Gasteiger partial charge in [-0.1, -0.05) is 12.1 Å². The number of amides is 2. The number of nitrogens with zero attached hydrogens (tertiary/aromatic N) is 1. The van der Waals surface area contributed by atoms with Gasteiger partial charge in [0.15, 0.2) is 5.76 Å². The Hall–Kier alpha value is -3.29. The Morgan fingerprint density at radius 1 is 1.22 bits per heavy atom. The highest BCUT2D eigenvalue weighted by Gasteiger charge is 2.29. The van der Waals surface area contributed by atoms with Gasteiger partial charge in [-0.15, -0.1) is 0 Å². The molecule has 8 heteroatoms. The van der Waals surface area contributed by atoms with Crippen LogP contribution in [0, 0.1) is 5.92 Å². The van der Waals surface area contributed by atoms with E-state index in [1.165, 1.54) is 6.07 Å². The summed E-state index contributed by atoms with van der Waals surface area (Å²) < 4.78 is 10.3. The molecule has 1 aliphatic heterocycles. The average Bonchev–Trinajstić information content (AvgIpc) is 3.18. The Morgan fingerprint density at radius 3 is 2.56 bits per heavy atom. The van der Waals surface area contributed by atoms with E-state index in [-0.39, 0.29) is 29.1 Å². The van der Waals surface area contributed by atoms with Gasteiger partial charge < -0.3 is 24.5 Å². The number of nitrogens with one attached hydrogen (secondary N) is 1. The van der Waals surface area contributed by atoms with Gasteiger partial charge in [-0.2, -0.15) is 0 Å². The number of rotatable bonds is 5. The van der Waals surface area contributed by atoms with Crippen molar-refractivity contribution < 1.29 is 28.6 Å². The fourth-order valence-corrected chi connectivity index (χ4v) is 3.04. The van der Waals surface area contributed by atoms with Gasteiger partial charge in [0, 0.05) is 25.1 Å². The summed E-state index contributed by atoms with van der Waals surface area (Å²) in [7, 11) is 1.54. The summed E-state index contributed by atoms with van der Waals surface area (Å²) >= 11 is 0. The predicted molar refractivity (Wildman–Crippen MR) is 95.9 cm³/mol. The summed E-state index contributed by atoms with van der Waals surface area (Å²) in [5, 5.41) is 11.8. The normalized spacial score (nSPS) is 14.6. The summed E-state index contributed by atoms with van der Waals surface area (Å²) in [6, 6.07) is 8.39. The number of piperidine rings is 1. The van der Waals surface area contributed by atoms with Crippen molar-refractivity contribution in [2.24, 2.45) is 5.92 Å². The van der Waals surface area contributed by atoms with Crippen LogP contribution in [0.15, 0.2) is 41.0 Å². The lowest BCUT2D eigenvalue weighted by atomic mass is 9.95. The Labute approximate surface area is 155 Å². The molecule has 0 saturated carbocycles. The van der Waals surface area contributed by atoms with Gasteiger partial charge in [-0.25, -0.2) is 4.79 Å². The molecule has 0 spiro atoms. The maximum absolute atomic E-state index is 12.5. The molecule has 1 fully saturated rings. The molecule has 8 nitrogen and oxygen atoms in total. The number of carboxylic acid groups (broad SMARTS) is 1. The van der Waals surface area contributed by atoms with Crippen LogP contribution in [0.3, 0.4) is 0 Å². The lowest BCUT2D eigenvalue weighted by Gasteiger charge is -2.30. The van der Waals surface area contributed by atoms with Crippen molar-refractivity contribution in [3.8, 4) is 5.75 Å². The Morgan fingerprint density at radius 2 is 1.93 bits per heavy atom. The van der Waals surface area contributed by atoms with Crippen LogP contribution in [0.25, 0.3) is 0 Å². The first-order valence-electron chi connectivity index (χ1n) is 8.54. The van der Waals surface area contributed by atoms with Gasteiger partial charge in [-0.3, -0.25) is 9.59 Å². The summed E-state index contributed by atoms with van der Waals surface area (Å²) in [6.07, 6.45) is 2.07. The van der Waals surface area contributed by atoms with Crippen molar-refractivity contribution in [1.29, 1.82) is 0 Å². The topological polar surface area (TPSA) is 109 Å². The minimum absolute atomic E-state index is 0.00989. The van der Waals surface area contributed by atoms with E-state index in [0.717, 1.165) is 6.26 Å². The Balaban J connectivity index is 1.57. The van der Waals surface area contributed by atoms with Gasteiger partial charge in [0.25, 0.3) is 5.91 Å². The standard InChI is InChI=1S/C19H20N2O6/c1-26-15-5-3-2-4-14(15)20-17(22)12-6-8-21(9-7-12)18(23)16-10-13(11-27-16)19(24)25/h2-5,10-12H,6-9H2,1H3,(H,20,22)(H,24,25). The number of ether oxygens (including phenoxy) is 1. The van der Waals surface area contributed by atoms with Crippen LogP contribution in [0.1, 0.15) is 33.8 Å². The molecule has 142 valence electrons. The lowest BCUT2D eigenvalue weighted by Crippen LogP contribution is -2.41. The van der Waals surface area contributed by atoms with Crippen molar-refractivity contribution in [2.45, 2.75) is 12.8 Å². The molecule has 2 N–H and O–H groups in total. The van der Waals surface area contributed by atoms with E-state index in [1.54, 1.807) is 24.1 Å². The van der Waals surface area contributed by atoms with Crippen molar-refractivity contribution in [2.75, 3.05) is 25.5 Å². The second-order valence-corrected chi connectivity index (χ2v) is 6.26. The number of likely N-dealkylation sites (tertiary alicyclic amines) is 1. The van der Waals surface area contributed by atoms with E-state index >= 15 is 0 Å². The molecule has 2 aromatic rings. The molecule has 27 heavy (non-hydrogen) atoms. The first-order chi connectivity index (χ1) is 13.0. The van der Waals surface area contributed by atoms with E-state index in [1.807, 2.05) is 12.1 Å². The minimum atomic E-state index is -1.15. The monoisotopic (exact) mass is 372 g/mol. The van der Waals surface area contributed by atoms with Crippen LogP contribution < -0.4 is 10.1 Å². The number of furan rings is 1. The molecule has 0 aliphatic carbocycles. The minimum Gasteiger partial charge on any atom is -0.495 e. The van der Waals surface area contributed by atoms with Crippen LogP contribution in [0.2, 0.25) is 0 Å². The second-order valence-electron chi connectivity index (χ2n) is 6.26. The number of para-hydroxylation sites is 2. The number of aromatic carboxylic acids is 1. The molecule has 1 aromatic carbocycles. The molecule has 3 rings (SSSR count). The zero-order valence-corrected chi connectivity index (χ0v) is 14.8. The van der Waals surface area contributed by atoms with Gasteiger partial charge in [-0.05, 0) is 25.0 Å². The molecule has 2 amide bonds.